The van der Waals surface area contributed by atoms with Crippen molar-refractivity contribution in [1.29, 1.82) is 0 Å². The Bertz CT molecular complexity index is 95.8. The van der Waals surface area contributed by atoms with Gasteiger partial charge in [-0.3, -0.25) is 0 Å². The van der Waals surface area contributed by atoms with Crippen molar-refractivity contribution in [2.75, 3.05) is 6.54 Å². The van der Waals surface area contributed by atoms with E-state index in [9.17, 15) is 4.39 Å². The molecule has 2 atom stereocenters. The monoisotopic (exact) mass is 175 g/mol. The van der Waals surface area contributed by atoms with Crippen LogP contribution in [0.4, 0.5) is 4.39 Å². The average Bonchev–Trinajstić information content (AvgIpc) is 2.51. The molecule has 0 saturated carbocycles. The van der Waals surface area contributed by atoms with Crippen LogP contribution in [0.1, 0.15) is 46.5 Å². The first kappa shape index (κ1) is 11.9. The minimum absolute atomic E-state index is 0.468. The third-order valence-corrected chi connectivity index (χ3v) is 2.07. The summed E-state index contributed by atoms with van der Waals surface area (Å²) in [5.41, 5.74) is 0. The summed E-state index contributed by atoms with van der Waals surface area (Å²) in [6.07, 6.45) is 3.75. The molecule has 0 spiro atoms. The molecule has 12 heavy (non-hydrogen) atoms. The van der Waals surface area contributed by atoms with Crippen LogP contribution < -0.4 is 5.32 Å². The van der Waals surface area contributed by atoms with Crippen LogP contribution in [0.3, 0.4) is 0 Å². The molecule has 0 aromatic carbocycles. The van der Waals surface area contributed by atoms with Crippen LogP contribution in [0.2, 0.25) is 0 Å². The first-order chi connectivity index (χ1) is 5.83. The number of hydrogen-bond donors (Lipinski definition) is 1. The quantitative estimate of drug-likeness (QED) is 0.695. The molecule has 0 aromatic rings. The van der Waals surface area contributed by atoms with Gasteiger partial charge in [-0.2, -0.15) is 0 Å². The highest BCUT2D eigenvalue weighted by atomic mass is 19.1. The van der Waals surface area contributed by atoms with Gasteiger partial charge in [-0.1, -0.05) is 33.6 Å². The van der Waals surface area contributed by atoms with Gasteiger partial charge in [-0.05, 0) is 12.8 Å². The summed E-state index contributed by atoms with van der Waals surface area (Å²) in [7, 11) is 0. The van der Waals surface area contributed by atoms with Gasteiger partial charge in [0.2, 0.25) is 0 Å². The molecule has 2 heteroatoms. The average molecular weight is 175 g/mol. The Hall–Kier alpha value is -0.110. The summed E-state index contributed by atoms with van der Waals surface area (Å²) in [5, 5.41) is 3.17. The molecule has 74 valence electrons. The maximum atomic E-state index is 12.5. The van der Waals surface area contributed by atoms with Gasteiger partial charge in [-0.25, -0.2) is 4.39 Å². The lowest BCUT2D eigenvalue weighted by molar-refractivity contribution is 0.353. The molecule has 0 bridgehead atoms. The topological polar surface area (TPSA) is 12.0 Å². The van der Waals surface area contributed by atoms with Crippen LogP contribution in [0, 0.1) is 0 Å². The minimum atomic E-state index is -0.582. The Balaban J connectivity index is 0.000000561. The second-order valence-electron chi connectivity index (χ2n) is 3.08. The molecule has 1 heterocycles. The molecule has 1 saturated heterocycles. The first-order valence-corrected chi connectivity index (χ1v) is 5.20. The molecule has 1 aliphatic rings. The maximum Gasteiger partial charge on any atom is 0.114 e. The van der Waals surface area contributed by atoms with Crippen molar-refractivity contribution >= 4 is 0 Å². The zero-order valence-electron chi connectivity index (χ0n) is 8.57. The van der Waals surface area contributed by atoms with Gasteiger partial charge in [0, 0.05) is 12.6 Å². The molecule has 1 nitrogen and oxygen atoms in total. The number of alkyl halides is 1. The molecule has 0 aromatic heterocycles. The van der Waals surface area contributed by atoms with E-state index in [2.05, 4.69) is 12.2 Å². The standard InChI is InChI=1S/C8H16FN.C2H6/c1-2-3-4-8-5-7(9)6-10-8;1-2/h7-8,10H,2-6H2,1H3;1-2H3. The van der Waals surface area contributed by atoms with E-state index in [4.69, 9.17) is 0 Å². The van der Waals surface area contributed by atoms with Crippen molar-refractivity contribution in [2.45, 2.75) is 58.7 Å². The highest BCUT2D eigenvalue weighted by Crippen LogP contribution is 2.14. The Labute approximate surface area is 75.7 Å². The van der Waals surface area contributed by atoms with E-state index in [1.807, 2.05) is 13.8 Å². The molecule has 1 rings (SSSR count). The Kier molecular flexibility index (Phi) is 7.47. The van der Waals surface area contributed by atoms with Crippen molar-refractivity contribution in [3.63, 3.8) is 0 Å². The lowest BCUT2D eigenvalue weighted by Crippen LogP contribution is -2.20. The summed E-state index contributed by atoms with van der Waals surface area (Å²) >= 11 is 0. The van der Waals surface area contributed by atoms with Gasteiger partial charge in [0.05, 0.1) is 0 Å². The molecule has 0 radical (unpaired) electrons. The van der Waals surface area contributed by atoms with E-state index in [0.29, 0.717) is 12.6 Å². The highest BCUT2D eigenvalue weighted by Gasteiger charge is 2.22. The van der Waals surface area contributed by atoms with Crippen LogP contribution in [0.15, 0.2) is 0 Å². The van der Waals surface area contributed by atoms with E-state index < -0.39 is 6.17 Å². The van der Waals surface area contributed by atoms with Gasteiger partial charge in [0.15, 0.2) is 0 Å². The largest absolute Gasteiger partial charge is 0.311 e. The smallest absolute Gasteiger partial charge is 0.114 e. The molecular formula is C10H22FN. The highest BCUT2D eigenvalue weighted by molar-refractivity contribution is 4.80. The van der Waals surface area contributed by atoms with Crippen molar-refractivity contribution in [3.8, 4) is 0 Å². The van der Waals surface area contributed by atoms with E-state index in [1.165, 1.54) is 12.8 Å². The Morgan fingerprint density at radius 1 is 1.42 bits per heavy atom. The number of nitrogens with one attached hydrogen (secondary N) is 1. The van der Waals surface area contributed by atoms with Crippen molar-refractivity contribution < 1.29 is 4.39 Å². The fraction of sp³-hybridized carbons (Fsp3) is 1.00. The summed E-state index contributed by atoms with van der Waals surface area (Å²) in [4.78, 5) is 0. The van der Waals surface area contributed by atoms with Crippen LogP contribution in [0.25, 0.3) is 0 Å². The second kappa shape index (κ2) is 7.53. The normalized spacial score (nSPS) is 28.0. The molecule has 1 aliphatic heterocycles. The Morgan fingerprint density at radius 3 is 2.50 bits per heavy atom. The number of halogens is 1. The summed E-state index contributed by atoms with van der Waals surface area (Å²) < 4.78 is 12.5. The van der Waals surface area contributed by atoms with Gasteiger partial charge in [0.1, 0.15) is 6.17 Å². The number of unbranched alkanes of at least 4 members (excludes halogenated alkanes) is 1. The first-order valence-electron chi connectivity index (χ1n) is 5.20. The van der Waals surface area contributed by atoms with Gasteiger partial charge in [0.25, 0.3) is 0 Å². The zero-order chi connectivity index (χ0) is 9.40. The lowest BCUT2D eigenvalue weighted by atomic mass is 10.1. The lowest BCUT2D eigenvalue weighted by Gasteiger charge is -2.06. The number of rotatable bonds is 3. The van der Waals surface area contributed by atoms with Crippen molar-refractivity contribution in [1.82, 2.24) is 5.32 Å². The van der Waals surface area contributed by atoms with Gasteiger partial charge in [-0.15, -0.1) is 0 Å². The summed E-state index contributed by atoms with van der Waals surface area (Å²) in [6, 6.07) is 0.468. The fourth-order valence-corrected chi connectivity index (χ4v) is 1.44. The van der Waals surface area contributed by atoms with E-state index in [-0.39, 0.29) is 0 Å². The fourth-order valence-electron chi connectivity index (χ4n) is 1.44. The van der Waals surface area contributed by atoms with Crippen molar-refractivity contribution in [2.24, 2.45) is 0 Å². The predicted molar refractivity (Wildman–Crippen MR) is 52.2 cm³/mol. The molecule has 2 unspecified atom stereocenters. The second-order valence-corrected chi connectivity index (χ2v) is 3.08. The predicted octanol–water partition coefficient (Wildman–Crippen LogP) is 2.90. The van der Waals surface area contributed by atoms with Crippen LogP contribution in [0.5, 0.6) is 0 Å². The third kappa shape index (κ3) is 4.70. The third-order valence-electron chi connectivity index (χ3n) is 2.07. The molecule has 1 fully saturated rings. The van der Waals surface area contributed by atoms with E-state index in [1.54, 1.807) is 0 Å². The molecule has 1 N–H and O–H groups in total. The molecule has 0 aliphatic carbocycles. The minimum Gasteiger partial charge on any atom is -0.311 e. The molecular weight excluding hydrogens is 153 g/mol. The van der Waals surface area contributed by atoms with E-state index >= 15 is 0 Å². The van der Waals surface area contributed by atoms with Crippen LogP contribution in [-0.2, 0) is 0 Å². The molecule has 0 amide bonds. The summed E-state index contributed by atoms with van der Waals surface area (Å²) in [5.74, 6) is 0. The van der Waals surface area contributed by atoms with Gasteiger partial charge < -0.3 is 5.32 Å². The zero-order valence-corrected chi connectivity index (χ0v) is 8.57. The van der Waals surface area contributed by atoms with Crippen LogP contribution >= 0.6 is 0 Å². The van der Waals surface area contributed by atoms with Crippen molar-refractivity contribution in [3.05, 3.63) is 0 Å². The SMILES string of the molecule is CC.CCCCC1CC(F)CN1. The van der Waals surface area contributed by atoms with E-state index in [0.717, 1.165) is 12.8 Å². The Morgan fingerprint density at radius 2 is 2.08 bits per heavy atom. The van der Waals surface area contributed by atoms with Crippen LogP contribution in [-0.4, -0.2) is 18.8 Å². The maximum absolute atomic E-state index is 12.5. The summed E-state index contributed by atoms with van der Waals surface area (Å²) in [6.45, 7) is 6.75. The van der Waals surface area contributed by atoms with Gasteiger partial charge >= 0.3 is 0 Å². The number of hydrogen-bond acceptors (Lipinski definition) is 1.